The van der Waals surface area contributed by atoms with Gasteiger partial charge in [0.05, 0.1) is 11.7 Å². The highest BCUT2D eigenvalue weighted by atomic mass is 127. The number of rotatable bonds is 7. The fourth-order valence-corrected chi connectivity index (χ4v) is 5.11. The maximum Gasteiger partial charge on any atom is 0.281 e. The standard InChI is InChI=1S/C24H35FIN5O3/c1-15(20(27)23(33)31-12-10-30(2)11-13-31)17-8-9-19(18(25)14-17)28-22(32)21(29-24(26)34)16-6-4-3-5-7-16/h8-9,14-16,20-21H,3-7,10-13,27H2,1-2H3,(H,28,32)(H,29,34)/t15-,20+,21-/m0/s1. The molecule has 1 saturated heterocycles. The minimum Gasteiger partial charge on any atom is -0.339 e. The lowest BCUT2D eigenvalue weighted by molar-refractivity contribution is -0.134. The summed E-state index contributed by atoms with van der Waals surface area (Å²) in [6.07, 6.45) is 4.86. The Kier molecular flexibility index (Phi) is 9.66. The number of piperazine rings is 1. The Balaban J connectivity index is 1.66. The number of nitrogens with one attached hydrogen (secondary N) is 2. The van der Waals surface area contributed by atoms with E-state index in [1.165, 1.54) is 12.1 Å². The molecule has 0 spiro atoms. The van der Waals surface area contributed by atoms with Crippen LogP contribution in [0.15, 0.2) is 18.2 Å². The molecule has 0 unspecified atom stereocenters. The lowest BCUT2D eigenvalue weighted by Gasteiger charge is -2.35. The average molecular weight is 587 g/mol. The predicted octanol–water partition coefficient (Wildman–Crippen LogP) is 3.06. The van der Waals surface area contributed by atoms with E-state index in [0.29, 0.717) is 18.7 Å². The summed E-state index contributed by atoms with van der Waals surface area (Å²) in [5.74, 6) is -1.50. The van der Waals surface area contributed by atoms with Gasteiger partial charge < -0.3 is 26.2 Å². The molecule has 3 rings (SSSR count). The van der Waals surface area contributed by atoms with Gasteiger partial charge in [-0.2, -0.15) is 0 Å². The summed E-state index contributed by atoms with van der Waals surface area (Å²) in [6, 6.07) is 3.03. The Hall–Kier alpha value is -1.79. The van der Waals surface area contributed by atoms with Gasteiger partial charge in [-0.25, -0.2) is 4.39 Å². The summed E-state index contributed by atoms with van der Waals surface area (Å²) < 4.78 is 14.6. The van der Waals surface area contributed by atoms with Crippen molar-refractivity contribution in [3.8, 4) is 0 Å². The largest absolute Gasteiger partial charge is 0.339 e. The molecule has 188 valence electrons. The summed E-state index contributed by atoms with van der Waals surface area (Å²) in [5.41, 5.74) is 6.90. The van der Waals surface area contributed by atoms with Crippen LogP contribution < -0.4 is 16.4 Å². The van der Waals surface area contributed by atoms with Crippen molar-refractivity contribution in [1.29, 1.82) is 0 Å². The van der Waals surface area contributed by atoms with E-state index in [-0.39, 0.29) is 27.3 Å². The van der Waals surface area contributed by atoms with E-state index in [1.807, 2.05) is 7.05 Å². The van der Waals surface area contributed by atoms with E-state index in [4.69, 9.17) is 5.73 Å². The van der Waals surface area contributed by atoms with Gasteiger partial charge in [0.25, 0.3) is 3.91 Å². The fraction of sp³-hybridized carbons (Fsp3) is 0.625. The topological polar surface area (TPSA) is 108 Å². The minimum absolute atomic E-state index is 0.0356. The maximum absolute atomic E-state index is 15.0. The molecule has 10 heteroatoms. The highest BCUT2D eigenvalue weighted by Gasteiger charge is 2.32. The molecule has 1 aliphatic carbocycles. The van der Waals surface area contributed by atoms with Crippen LogP contribution in [0.3, 0.4) is 0 Å². The van der Waals surface area contributed by atoms with E-state index in [2.05, 4.69) is 15.5 Å². The van der Waals surface area contributed by atoms with Crippen LogP contribution in [-0.4, -0.2) is 70.8 Å². The molecule has 4 N–H and O–H groups in total. The third-order valence-electron chi connectivity index (χ3n) is 7.09. The molecule has 2 aliphatic rings. The van der Waals surface area contributed by atoms with Crippen LogP contribution in [0.4, 0.5) is 14.9 Å². The highest BCUT2D eigenvalue weighted by molar-refractivity contribution is 14.1. The molecule has 2 fully saturated rings. The molecule has 1 saturated carbocycles. The molecular weight excluding hydrogens is 552 g/mol. The zero-order chi connectivity index (χ0) is 24.8. The first-order chi connectivity index (χ1) is 16.2. The zero-order valence-electron chi connectivity index (χ0n) is 19.9. The monoisotopic (exact) mass is 587 g/mol. The maximum atomic E-state index is 15.0. The van der Waals surface area contributed by atoms with Crippen LogP contribution in [0.2, 0.25) is 0 Å². The zero-order valence-corrected chi connectivity index (χ0v) is 22.0. The van der Waals surface area contributed by atoms with E-state index in [0.717, 1.165) is 45.2 Å². The number of nitrogens with zero attached hydrogens (tertiary/aromatic N) is 2. The van der Waals surface area contributed by atoms with Gasteiger partial charge in [0.2, 0.25) is 11.8 Å². The predicted molar refractivity (Wildman–Crippen MR) is 138 cm³/mol. The number of anilines is 1. The molecule has 0 bridgehead atoms. The Labute approximate surface area is 214 Å². The molecule has 34 heavy (non-hydrogen) atoms. The summed E-state index contributed by atoms with van der Waals surface area (Å²) in [6.45, 7) is 4.67. The van der Waals surface area contributed by atoms with E-state index < -0.39 is 23.8 Å². The van der Waals surface area contributed by atoms with Gasteiger partial charge in [0.1, 0.15) is 11.9 Å². The van der Waals surface area contributed by atoms with Gasteiger partial charge in [-0.3, -0.25) is 14.4 Å². The molecule has 1 aromatic rings. The van der Waals surface area contributed by atoms with Crippen molar-refractivity contribution in [2.24, 2.45) is 11.7 Å². The lowest BCUT2D eigenvalue weighted by Crippen LogP contribution is -2.53. The normalized spacial score (nSPS) is 20.3. The molecule has 0 radical (unpaired) electrons. The second-order valence-corrected chi connectivity index (χ2v) is 10.4. The summed E-state index contributed by atoms with van der Waals surface area (Å²) in [7, 11) is 2.01. The van der Waals surface area contributed by atoms with Crippen LogP contribution >= 0.6 is 22.6 Å². The van der Waals surface area contributed by atoms with Crippen molar-refractivity contribution in [2.75, 3.05) is 38.5 Å². The Bertz CT molecular complexity index is 887. The number of hydrogen-bond donors (Lipinski definition) is 3. The Morgan fingerprint density at radius 2 is 1.76 bits per heavy atom. The molecule has 0 aromatic heterocycles. The van der Waals surface area contributed by atoms with Crippen molar-refractivity contribution in [3.05, 3.63) is 29.6 Å². The first-order valence-corrected chi connectivity index (χ1v) is 13.0. The van der Waals surface area contributed by atoms with Crippen molar-refractivity contribution in [1.82, 2.24) is 15.1 Å². The average Bonchev–Trinajstić information content (AvgIpc) is 2.83. The number of amides is 3. The third kappa shape index (κ3) is 6.88. The van der Waals surface area contributed by atoms with Gasteiger partial charge in [-0.15, -0.1) is 0 Å². The number of halogens is 2. The van der Waals surface area contributed by atoms with Crippen LogP contribution in [0.5, 0.6) is 0 Å². The smallest absolute Gasteiger partial charge is 0.281 e. The van der Waals surface area contributed by atoms with Gasteiger partial charge in [0, 0.05) is 54.7 Å². The molecule has 1 aromatic carbocycles. The number of carbonyl (C=O) groups excluding carboxylic acids is 3. The number of nitrogens with two attached hydrogens (primary N) is 1. The van der Waals surface area contributed by atoms with Crippen molar-refractivity contribution in [3.63, 3.8) is 0 Å². The molecule has 3 atom stereocenters. The third-order valence-corrected chi connectivity index (χ3v) is 7.40. The summed E-state index contributed by atoms with van der Waals surface area (Å²) in [5, 5.41) is 5.38. The van der Waals surface area contributed by atoms with E-state index in [9.17, 15) is 18.8 Å². The second-order valence-electron chi connectivity index (χ2n) is 9.47. The number of likely N-dealkylation sites (N-methyl/N-ethyl adjacent to an activating group) is 1. The van der Waals surface area contributed by atoms with Gasteiger partial charge >= 0.3 is 0 Å². The van der Waals surface area contributed by atoms with Crippen LogP contribution in [-0.2, 0) is 9.59 Å². The minimum atomic E-state index is -0.780. The van der Waals surface area contributed by atoms with Crippen LogP contribution in [0, 0.1) is 11.7 Å². The van der Waals surface area contributed by atoms with Crippen LogP contribution in [0.1, 0.15) is 50.5 Å². The lowest BCUT2D eigenvalue weighted by atomic mass is 9.83. The summed E-state index contributed by atoms with van der Waals surface area (Å²) in [4.78, 5) is 41.4. The van der Waals surface area contributed by atoms with Gasteiger partial charge in [0.15, 0.2) is 0 Å². The van der Waals surface area contributed by atoms with Crippen LogP contribution in [0.25, 0.3) is 0 Å². The van der Waals surface area contributed by atoms with Crippen molar-refractivity contribution < 1.29 is 18.8 Å². The first kappa shape index (κ1) is 26.8. The number of benzene rings is 1. The quantitative estimate of drug-likeness (QED) is 0.258. The van der Waals surface area contributed by atoms with Crippen molar-refractivity contribution >= 4 is 44.0 Å². The Morgan fingerprint density at radius 3 is 2.35 bits per heavy atom. The molecular formula is C24H35FIN5O3. The van der Waals surface area contributed by atoms with Gasteiger partial charge in [-0.05, 0) is 43.5 Å². The first-order valence-electron chi connectivity index (χ1n) is 12.0. The number of hydrogen-bond acceptors (Lipinski definition) is 5. The molecule has 1 aliphatic heterocycles. The fourth-order valence-electron chi connectivity index (χ4n) is 4.77. The second kappa shape index (κ2) is 12.3. The molecule has 3 amide bonds. The Morgan fingerprint density at radius 1 is 1.12 bits per heavy atom. The SMILES string of the molecule is C[C@@H](c1ccc(NC(=O)[C@@H](NC(=O)I)C2CCCCC2)c(F)c1)[C@@H](N)C(=O)N1CCN(C)CC1. The van der Waals surface area contributed by atoms with Gasteiger partial charge in [-0.1, -0.05) is 32.3 Å². The highest BCUT2D eigenvalue weighted by Crippen LogP contribution is 2.29. The van der Waals surface area contributed by atoms with E-state index >= 15 is 0 Å². The summed E-state index contributed by atoms with van der Waals surface area (Å²) >= 11 is 1.62. The molecule has 1 heterocycles. The molecule has 8 nitrogen and oxygen atoms in total. The van der Waals surface area contributed by atoms with E-state index in [1.54, 1.807) is 40.5 Å². The number of carbonyl (C=O) groups is 3. The van der Waals surface area contributed by atoms with Crippen molar-refractivity contribution in [2.45, 2.75) is 57.0 Å².